The monoisotopic (exact) mass is 471 g/mol. The standard InChI is InChI=1S/C22H19ClFN5O4/c1-14-12-27(8-9-28(14)22(30)15-2-5-17(6-3-15)29(31)32)20-11-21(26-13-25-20)33-19-7-4-16(24)10-18(19)23/h2-7,10-11,13-14H,8-9,12H2,1H3/t14-/m1/s1. The fraction of sp³-hybridized carbons (Fsp3) is 0.227. The number of halogens is 2. The Balaban J connectivity index is 1.43. The van der Waals surface area contributed by atoms with Crippen LogP contribution >= 0.6 is 11.6 Å². The summed E-state index contributed by atoms with van der Waals surface area (Å²) < 4.78 is 18.9. The summed E-state index contributed by atoms with van der Waals surface area (Å²) in [5.74, 6) is 0.494. The fourth-order valence-corrected chi connectivity index (χ4v) is 3.79. The Labute approximate surface area is 193 Å². The first kappa shape index (κ1) is 22.4. The van der Waals surface area contributed by atoms with Gasteiger partial charge >= 0.3 is 0 Å². The first-order valence-corrected chi connectivity index (χ1v) is 10.4. The van der Waals surface area contributed by atoms with Crippen molar-refractivity contribution in [3.63, 3.8) is 0 Å². The number of amides is 1. The molecule has 0 spiro atoms. The molecule has 0 radical (unpaired) electrons. The lowest BCUT2D eigenvalue weighted by Crippen LogP contribution is -2.54. The van der Waals surface area contributed by atoms with Crippen LogP contribution in [0.2, 0.25) is 5.02 Å². The van der Waals surface area contributed by atoms with E-state index in [1.54, 1.807) is 11.0 Å². The van der Waals surface area contributed by atoms with Gasteiger partial charge in [-0.2, -0.15) is 0 Å². The summed E-state index contributed by atoms with van der Waals surface area (Å²) in [6.45, 7) is 3.41. The second kappa shape index (κ2) is 9.37. The first-order chi connectivity index (χ1) is 15.8. The Morgan fingerprint density at radius 1 is 1.18 bits per heavy atom. The van der Waals surface area contributed by atoms with Crippen molar-refractivity contribution in [1.29, 1.82) is 0 Å². The second-order valence-corrected chi connectivity index (χ2v) is 7.90. The maximum absolute atomic E-state index is 13.2. The van der Waals surface area contributed by atoms with Crippen LogP contribution in [-0.4, -0.2) is 51.4 Å². The number of piperazine rings is 1. The predicted molar refractivity (Wildman–Crippen MR) is 119 cm³/mol. The molecule has 2 heterocycles. The SMILES string of the molecule is C[C@@H]1CN(c2cc(Oc3ccc(F)cc3Cl)ncn2)CCN1C(=O)c1ccc([N+](=O)[O-])cc1. The number of nitrogens with zero attached hydrogens (tertiary/aromatic N) is 5. The predicted octanol–water partition coefficient (Wildman–Crippen LogP) is 4.32. The van der Waals surface area contributed by atoms with Gasteiger partial charge in [0.2, 0.25) is 5.88 Å². The molecule has 2 aromatic carbocycles. The van der Waals surface area contributed by atoms with Gasteiger partial charge in [-0.15, -0.1) is 0 Å². The summed E-state index contributed by atoms with van der Waals surface area (Å²) in [6, 6.07) is 10.9. The van der Waals surface area contributed by atoms with Crippen LogP contribution in [0, 0.1) is 15.9 Å². The van der Waals surface area contributed by atoms with Crippen molar-refractivity contribution in [3.05, 3.63) is 81.4 Å². The third kappa shape index (κ3) is 5.01. The fourth-order valence-electron chi connectivity index (χ4n) is 3.59. The van der Waals surface area contributed by atoms with Crippen molar-refractivity contribution in [2.24, 2.45) is 0 Å². The summed E-state index contributed by atoms with van der Waals surface area (Å²) in [7, 11) is 0. The molecular weight excluding hydrogens is 453 g/mol. The molecule has 170 valence electrons. The van der Waals surface area contributed by atoms with E-state index in [2.05, 4.69) is 9.97 Å². The quantitative estimate of drug-likeness (QED) is 0.403. The highest BCUT2D eigenvalue weighted by Gasteiger charge is 2.29. The molecule has 1 aliphatic rings. The van der Waals surface area contributed by atoms with Gasteiger partial charge in [0, 0.05) is 49.4 Å². The van der Waals surface area contributed by atoms with Crippen LogP contribution in [0.5, 0.6) is 11.6 Å². The lowest BCUT2D eigenvalue weighted by Gasteiger charge is -2.40. The zero-order valence-corrected chi connectivity index (χ0v) is 18.3. The average Bonchev–Trinajstić information content (AvgIpc) is 2.80. The molecular formula is C22H19ClFN5O4. The minimum absolute atomic E-state index is 0.0619. The van der Waals surface area contributed by atoms with Gasteiger partial charge in [0.1, 0.15) is 23.7 Å². The Hall–Kier alpha value is -3.79. The molecule has 1 amide bonds. The van der Waals surface area contributed by atoms with Crippen molar-refractivity contribution in [3.8, 4) is 11.6 Å². The van der Waals surface area contributed by atoms with Crippen molar-refractivity contribution in [2.45, 2.75) is 13.0 Å². The topological polar surface area (TPSA) is 102 Å². The molecule has 1 aliphatic heterocycles. The van der Waals surface area contributed by atoms with E-state index < -0.39 is 10.7 Å². The van der Waals surface area contributed by atoms with E-state index in [9.17, 15) is 19.3 Å². The van der Waals surface area contributed by atoms with Crippen molar-refractivity contribution in [2.75, 3.05) is 24.5 Å². The number of carbonyl (C=O) groups excluding carboxylic acids is 1. The minimum Gasteiger partial charge on any atom is -0.437 e. The van der Waals surface area contributed by atoms with Gasteiger partial charge in [-0.1, -0.05) is 11.6 Å². The summed E-state index contributed by atoms with van der Waals surface area (Å²) in [5, 5.41) is 11.0. The molecule has 1 atom stereocenters. The molecule has 3 aromatic rings. The number of anilines is 1. The zero-order valence-electron chi connectivity index (χ0n) is 17.5. The van der Waals surface area contributed by atoms with Crippen LogP contribution in [0.1, 0.15) is 17.3 Å². The summed E-state index contributed by atoms with van der Waals surface area (Å²) in [5.41, 5.74) is 0.336. The smallest absolute Gasteiger partial charge is 0.269 e. The number of non-ortho nitro benzene ring substituents is 1. The Morgan fingerprint density at radius 2 is 1.94 bits per heavy atom. The highest BCUT2D eigenvalue weighted by Crippen LogP contribution is 2.30. The van der Waals surface area contributed by atoms with Crippen molar-refractivity contribution >= 4 is 29.0 Å². The van der Waals surface area contributed by atoms with E-state index in [1.807, 2.05) is 11.8 Å². The number of carbonyl (C=O) groups is 1. The molecule has 1 fully saturated rings. The number of nitro benzene ring substituents is 1. The van der Waals surface area contributed by atoms with Gasteiger partial charge in [0.25, 0.3) is 11.6 Å². The van der Waals surface area contributed by atoms with Gasteiger partial charge in [-0.05, 0) is 37.3 Å². The molecule has 0 aliphatic carbocycles. The number of hydrogen-bond donors (Lipinski definition) is 0. The molecule has 9 nitrogen and oxygen atoms in total. The average molecular weight is 472 g/mol. The van der Waals surface area contributed by atoms with E-state index in [-0.39, 0.29) is 34.3 Å². The number of aromatic nitrogens is 2. The van der Waals surface area contributed by atoms with Crippen LogP contribution in [0.4, 0.5) is 15.9 Å². The number of benzene rings is 2. The largest absolute Gasteiger partial charge is 0.437 e. The maximum atomic E-state index is 13.2. The van der Waals surface area contributed by atoms with Gasteiger partial charge < -0.3 is 14.5 Å². The van der Waals surface area contributed by atoms with Gasteiger partial charge in [0.15, 0.2) is 0 Å². The number of hydrogen-bond acceptors (Lipinski definition) is 7. The lowest BCUT2D eigenvalue weighted by molar-refractivity contribution is -0.384. The van der Waals surface area contributed by atoms with Crippen molar-refractivity contribution in [1.82, 2.24) is 14.9 Å². The highest BCUT2D eigenvalue weighted by atomic mass is 35.5. The third-order valence-electron chi connectivity index (χ3n) is 5.27. The van der Waals surface area contributed by atoms with Gasteiger partial charge in [-0.3, -0.25) is 14.9 Å². The lowest BCUT2D eigenvalue weighted by atomic mass is 10.1. The molecule has 0 unspecified atom stereocenters. The summed E-state index contributed by atoms with van der Waals surface area (Å²) in [4.78, 5) is 35.4. The molecule has 4 rings (SSSR count). The molecule has 0 N–H and O–H groups in total. The molecule has 0 saturated carbocycles. The molecule has 11 heteroatoms. The van der Waals surface area contributed by atoms with Gasteiger partial charge in [0.05, 0.1) is 9.95 Å². The Kier molecular flexibility index (Phi) is 6.36. The van der Waals surface area contributed by atoms with E-state index in [0.29, 0.717) is 31.0 Å². The van der Waals surface area contributed by atoms with Crippen LogP contribution in [0.25, 0.3) is 0 Å². The van der Waals surface area contributed by atoms with Crippen LogP contribution in [0.3, 0.4) is 0 Å². The second-order valence-electron chi connectivity index (χ2n) is 7.49. The molecule has 33 heavy (non-hydrogen) atoms. The van der Waals surface area contributed by atoms with Crippen molar-refractivity contribution < 1.29 is 18.8 Å². The minimum atomic E-state index is -0.501. The number of rotatable bonds is 5. The third-order valence-corrected chi connectivity index (χ3v) is 5.57. The van der Waals surface area contributed by atoms with E-state index in [1.165, 1.54) is 42.7 Å². The highest BCUT2D eigenvalue weighted by molar-refractivity contribution is 6.32. The van der Waals surface area contributed by atoms with E-state index >= 15 is 0 Å². The van der Waals surface area contributed by atoms with E-state index in [4.69, 9.17) is 16.3 Å². The Morgan fingerprint density at radius 3 is 2.61 bits per heavy atom. The summed E-state index contributed by atoms with van der Waals surface area (Å²) >= 11 is 6.02. The summed E-state index contributed by atoms with van der Waals surface area (Å²) in [6.07, 6.45) is 1.36. The molecule has 1 aromatic heterocycles. The Bertz CT molecular complexity index is 1190. The van der Waals surface area contributed by atoms with Crippen LogP contribution in [0.15, 0.2) is 54.9 Å². The zero-order chi connectivity index (χ0) is 23.5. The van der Waals surface area contributed by atoms with Crippen LogP contribution in [-0.2, 0) is 0 Å². The molecule has 1 saturated heterocycles. The van der Waals surface area contributed by atoms with E-state index in [0.717, 1.165) is 6.07 Å². The molecule has 0 bridgehead atoms. The number of nitro groups is 1. The number of ether oxygens (including phenoxy) is 1. The first-order valence-electron chi connectivity index (χ1n) is 10.1. The van der Waals surface area contributed by atoms with Crippen LogP contribution < -0.4 is 9.64 Å². The normalized spacial score (nSPS) is 15.9. The van der Waals surface area contributed by atoms with Gasteiger partial charge in [-0.25, -0.2) is 14.4 Å². The maximum Gasteiger partial charge on any atom is 0.269 e.